The zero-order valence-electron chi connectivity index (χ0n) is 12.2. The van der Waals surface area contributed by atoms with Gasteiger partial charge in [-0.3, -0.25) is 9.80 Å². The molecular formula is C16H24FN3. The number of nitrogens with two attached hydrogens (primary N) is 1. The van der Waals surface area contributed by atoms with E-state index in [1.807, 2.05) is 6.07 Å². The first-order chi connectivity index (χ1) is 9.63. The van der Waals surface area contributed by atoms with Gasteiger partial charge in [0.2, 0.25) is 0 Å². The lowest BCUT2D eigenvalue weighted by molar-refractivity contribution is 0.120. The van der Waals surface area contributed by atoms with Crippen molar-refractivity contribution >= 4 is 0 Å². The third-order valence-corrected chi connectivity index (χ3v) is 4.92. The van der Waals surface area contributed by atoms with E-state index in [0.717, 1.165) is 37.7 Å². The van der Waals surface area contributed by atoms with Gasteiger partial charge in [-0.1, -0.05) is 12.1 Å². The van der Waals surface area contributed by atoms with Gasteiger partial charge >= 0.3 is 0 Å². The Morgan fingerprint density at radius 2 is 2.25 bits per heavy atom. The normalized spacial score (nSPS) is 27.4. The molecule has 20 heavy (non-hydrogen) atoms. The molecule has 0 amide bonds. The van der Waals surface area contributed by atoms with Crippen LogP contribution in [-0.2, 0) is 6.54 Å². The average Bonchev–Trinajstić information content (AvgIpc) is 3.18. The van der Waals surface area contributed by atoms with Crippen molar-refractivity contribution in [2.75, 3.05) is 26.7 Å². The summed E-state index contributed by atoms with van der Waals surface area (Å²) < 4.78 is 13.3. The highest BCUT2D eigenvalue weighted by Gasteiger charge is 2.44. The van der Waals surface area contributed by atoms with Gasteiger partial charge in [0.1, 0.15) is 5.82 Å². The number of nitrogens with zero attached hydrogens (tertiary/aromatic N) is 2. The molecule has 0 aromatic heterocycles. The monoisotopic (exact) mass is 277 g/mol. The number of rotatable bonds is 5. The topological polar surface area (TPSA) is 32.5 Å². The molecule has 1 saturated heterocycles. The van der Waals surface area contributed by atoms with Crippen LogP contribution < -0.4 is 5.73 Å². The molecule has 2 N–H and O–H groups in total. The Morgan fingerprint density at radius 3 is 2.90 bits per heavy atom. The summed E-state index contributed by atoms with van der Waals surface area (Å²) in [4.78, 5) is 4.90. The smallest absolute Gasteiger partial charge is 0.123 e. The molecule has 1 aromatic carbocycles. The Hall–Kier alpha value is -0.970. The summed E-state index contributed by atoms with van der Waals surface area (Å²) in [6, 6.07) is 7.67. The third kappa shape index (κ3) is 2.73. The Balaban J connectivity index is 1.69. The molecule has 0 spiro atoms. The minimum absolute atomic E-state index is 0.0505. The van der Waals surface area contributed by atoms with E-state index in [9.17, 15) is 4.39 Å². The van der Waals surface area contributed by atoms with Gasteiger partial charge in [0.15, 0.2) is 0 Å². The lowest BCUT2D eigenvalue weighted by Gasteiger charge is -2.38. The van der Waals surface area contributed by atoms with Crippen LogP contribution in [0.25, 0.3) is 0 Å². The summed E-state index contributed by atoms with van der Waals surface area (Å²) >= 11 is 0. The number of hydrogen-bond acceptors (Lipinski definition) is 3. The highest BCUT2D eigenvalue weighted by Crippen LogP contribution is 2.35. The zero-order chi connectivity index (χ0) is 14.2. The number of halogens is 1. The van der Waals surface area contributed by atoms with Gasteiger partial charge in [0.05, 0.1) is 0 Å². The molecule has 1 aliphatic heterocycles. The van der Waals surface area contributed by atoms with Gasteiger partial charge in [0.25, 0.3) is 0 Å². The van der Waals surface area contributed by atoms with Gasteiger partial charge < -0.3 is 5.73 Å². The summed E-state index contributed by atoms with van der Waals surface area (Å²) in [6.07, 6.45) is 3.80. The standard InChI is InChI=1S/C16H24FN3/c1-19(10-13-3-2-4-14(17)9-13)16(11-18)7-8-20(12-16)15-5-6-15/h2-4,9,15H,5-8,10-12,18H2,1H3. The molecule has 2 fully saturated rings. The third-order valence-electron chi connectivity index (χ3n) is 4.92. The molecule has 0 radical (unpaired) electrons. The first-order valence-electron chi connectivity index (χ1n) is 7.53. The van der Waals surface area contributed by atoms with Crippen LogP contribution in [0.2, 0.25) is 0 Å². The molecule has 2 aliphatic rings. The Morgan fingerprint density at radius 1 is 1.45 bits per heavy atom. The number of hydrogen-bond donors (Lipinski definition) is 1. The molecule has 1 atom stereocenters. The van der Waals surface area contributed by atoms with Crippen LogP contribution in [-0.4, -0.2) is 48.1 Å². The van der Waals surface area contributed by atoms with Crippen molar-refractivity contribution in [1.82, 2.24) is 9.80 Å². The van der Waals surface area contributed by atoms with E-state index >= 15 is 0 Å². The largest absolute Gasteiger partial charge is 0.329 e. The fraction of sp³-hybridized carbons (Fsp3) is 0.625. The van der Waals surface area contributed by atoms with Crippen molar-refractivity contribution < 1.29 is 4.39 Å². The first-order valence-corrected chi connectivity index (χ1v) is 7.53. The second kappa shape index (κ2) is 5.43. The van der Waals surface area contributed by atoms with Crippen LogP contribution in [0.4, 0.5) is 4.39 Å². The van der Waals surface area contributed by atoms with Crippen LogP contribution in [0.1, 0.15) is 24.8 Å². The van der Waals surface area contributed by atoms with Gasteiger partial charge in [0, 0.05) is 37.8 Å². The fourth-order valence-electron chi connectivity index (χ4n) is 3.35. The van der Waals surface area contributed by atoms with E-state index in [1.54, 1.807) is 12.1 Å². The van der Waals surface area contributed by atoms with E-state index in [1.165, 1.54) is 18.9 Å². The molecular weight excluding hydrogens is 253 g/mol. The highest BCUT2D eigenvalue weighted by molar-refractivity contribution is 5.17. The summed E-state index contributed by atoms with van der Waals surface area (Å²) in [5.74, 6) is -0.163. The molecule has 110 valence electrons. The summed E-state index contributed by atoms with van der Waals surface area (Å²) in [7, 11) is 2.12. The molecule has 0 bridgehead atoms. The Bertz CT molecular complexity index is 475. The predicted octanol–water partition coefficient (Wildman–Crippen LogP) is 1.82. The second-order valence-electron chi connectivity index (χ2n) is 6.37. The lowest BCUT2D eigenvalue weighted by Crippen LogP contribution is -2.53. The first kappa shape index (κ1) is 14.0. The summed E-state index contributed by atoms with van der Waals surface area (Å²) in [5.41, 5.74) is 7.16. The maximum Gasteiger partial charge on any atom is 0.123 e. The minimum atomic E-state index is -0.163. The van der Waals surface area contributed by atoms with E-state index in [4.69, 9.17) is 5.73 Å². The van der Waals surface area contributed by atoms with Crippen molar-refractivity contribution in [3.8, 4) is 0 Å². The molecule has 1 unspecified atom stereocenters. The van der Waals surface area contributed by atoms with E-state index in [-0.39, 0.29) is 11.4 Å². The quantitative estimate of drug-likeness (QED) is 0.891. The predicted molar refractivity (Wildman–Crippen MR) is 78.9 cm³/mol. The van der Waals surface area contributed by atoms with E-state index < -0.39 is 0 Å². The maximum absolute atomic E-state index is 13.3. The van der Waals surface area contributed by atoms with Crippen LogP contribution in [0.5, 0.6) is 0 Å². The summed E-state index contributed by atoms with van der Waals surface area (Å²) in [6.45, 7) is 3.63. The Kier molecular flexibility index (Phi) is 3.80. The molecule has 1 saturated carbocycles. The van der Waals surface area contributed by atoms with Gasteiger partial charge in [-0.25, -0.2) is 4.39 Å². The molecule has 1 aromatic rings. The van der Waals surface area contributed by atoms with Gasteiger partial charge in [-0.15, -0.1) is 0 Å². The Labute approximate surface area is 120 Å². The molecule has 4 heteroatoms. The summed E-state index contributed by atoms with van der Waals surface area (Å²) in [5, 5.41) is 0. The van der Waals surface area contributed by atoms with Crippen LogP contribution in [0.15, 0.2) is 24.3 Å². The van der Waals surface area contributed by atoms with Crippen LogP contribution in [0.3, 0.4) is 0 Å². The minimum Gasteiger partial charge on any atom is -0.329 e. The number of likely N-dealkylation sites (N-methyl/N-ethyl adjacent to an activating group) is 1. The van der Waals surface area contributed by atoms with Crippen molar-refractivity contribution in [3.05, 3.63) is 35.6 Å². The molecule has 1 heterocycles. The van der Waals surface area contributed by atoms with Crippen LogP contribution in [0, 0.1) is 5.82 Å². The maximum atomic E-state index is 13.3. The van der Waals surface area contributed by atoms with Crippen molar-refractivity contribution in [2.45, 2.75) is 37.4 Å². The number of likely N-dealkylation sites (tertiary alicyclic amines) is 1. The van der Waals surface area contributed by atoms with Crippen molar-refractivity contribution in [3.63, 3.8) is 0 Å². The van der Waals surface area contributed by atoms with Gasteiger partial charge in [-0.2, -0.15) is 0 Å². The van der Waals surface area contributed by atoms with Crippen molar-refractivity contribution in [2.24, 2.45) is 5.73 Å². The lowest BCUT2D eigenvalue weighted by atomic mass is 9.96. The average molecular weight is 277 g/mol. The van der Waals surface area contributed by atoms with E-state index in [2.05, 4.69) is 16.8 Å². The number of benzene rings is 1. The molecule has 3 nitrogen and oxygen atoms in total. The fourth-order valence-corrected chi connectivity index (χ4v) is 3.35. The van der Waals surface area contributed by atoms with Crippen LogP contribution >= 0.6 is 0 Å². The molecule has 3 rings (SSSR count). The molecule has 1 aliphatic carbocycles. The van der Waals surface area contributed by atoms with E-state index in [0.29, 0.717) is 6.54 Å². The van der Waals surface area contributed by atoms with Gasteiger partial charge in [-0.05, 0) is 44.0 Å². The highest BCUT2D eigenvalue weighted by atomic mass is 19.1. The SMILES string of the molecule is CN(Cc1cccc(F)c1)C1(CN)CCN(C2CC2)C1. The second-order valence-corrected chi connectivity index (χ2v) is 6.37. The van der Waals surface area contributed by atoms with Crippen molar-refractivity contribution in [1.29, 1.82) is 0 Å². The zero-order valence-corrected chi connectivity index (χ0v) is 12.2.